The van der Waals surface area contributed by atoms with Crippen LogP contribution in [0.3, 0.4) is 0 Å². The number of hydrogen-bond donors (Lipinski definition) is 0. The van der Waals surface area contributed by atoms with Crippen molar-refractivity contribution < 1.29 is 4.39 Å². The van der Waals surface area contributed by atoms with Gasteiger partial charge in [0, 0.05) is 24.8 Å². The van der Waals surface area contributed by atoms with Crippen molar-refractivity contribution in [2.45, 2.75) is 25.3 Å². The number of fused-ring (bicyclic) bond motifs is 1. The van der Waals surface area contributed by atoms with Gasteiger partial charge in [-0.15, -0.1) is 11.6 Å². The van der Waals surface area contributed by atoms with E-state index in [2.05, 4.69) is 23.2 Å². The van der Waals surface area contributed by atoms with E-state index in [0.717, 1.165) is 19.4 Å². The van der Waals surface area contributed by atoms with E-state index in [0.29, 0.717) is 17.9 Å². The molecule has 0 saturated heterocycles. The summed E-state index contributed by atoms with van der Waals surface area (Å²) < 4.78 is 14.4. The van der Waals surface area contributed by atoms with Crippen LogP contribution in [0.2, 0.25) is 0 Å². The Bertz CT molecular complexity index is 615. The first-order valence-corrected chi connectivity index (χ1v) is 7.34. The van der Waals surface area contributed by atoms with Gasteiger partial charge in [-0.25, -0.2) is 9.37 Å². The molecule has 0 unspecified atom stereocenters. The molecule has 0 radical (unpaired) electrons. The SMILES string of the molecule is Fc1c(CCl)ccnc1N1CCCc2ccccc2C1. The Hall–Kier alpha value is -1.61. The molecule has 0 fully saturated rings. The van der Waals surface area contributed by atoms with Gasteiger partial charge in [0.2, 0.25) is 0 Å². The van der Waals surface area contributed by atoms with Crippen LogP contribution in [0.25, 0.3) is 0 Å². The number of anilines is 1. The fraction of sp³-hybridized carbons (Fsp3) is 0.312. The number of pyridine rings is 1. The average molecular weight is 291 g/mol. The molecule has 0 bridgehead atoms. The Labute approximate surface area is 123 Å². The number of rotatable bonds is 2. The second kappa shape index (κ2) is 5.80. The van der Waals surface area contributed by atoms with Crippen molar-refractivity contribution >= 4 is 17.4 Å². The lowest BCUT2D eigenvalue weighted by atomic mass is 10.0. The quantitative estimate of drug-likeness (QED) is 0.780. The Kier molecular flexibility index (Phi) is 3.88. The molecular weight excluding hydrogens is 275 g/mol. The minimum atomic E-state index is -0.290. The second-order valence-corrected chi connectivity index (χ2v) is 5.30. The van der Waals surface area contributed by atoms with Crippen molar-refractivity contribution in [1.29, 1.82) is 0 Å². The molecule has 1 aromatic carbocycles. The highest BCUT2D eigenvalue weighted by Gasteiger charge is 2.19. The topological polar surface area (TPSA) is 16.1 Å². The van der Waals surface area contributed by atoms with E-state index < -0.39 is 0 Å². The summed E-state index contributed by atoms with van der Waals surface area (Å²) in [5, 5.41) is 0. The predicted molar refractivity (Wildman–Crippen MR) is 79.6 cm³/mol. The van der Waals surface area contributed by atoms with Gasteiger partial charge in [0.25, 0.3) is 0 Å². The Balaban J connectivity index is 1.95. The summed E-state index contributed by atoms with van der Waals surface area (Å²) in [4.78, 5) is 6.23. The fourth-order valence-electron chi connectivity index (χ4n) is 2.68. The van der Waals surface area contributed by atoms with Crippen molar-refractivity contribution in [1.82, 2.24) is 4.98 Å². The van der Waals surface area contributed by atoms with Gasteiger partial charge in [0.05, 0.1) is 5.88 Å². The molecule has 1 aliphatic heterocycles. The second-order valence-electron chi connectivity index (χ2n) is 5.04. The van der Waals surface area contributed by atoms with Crippen LogP contribution in [0.1, 0.15) is 23.1 Å². The lowest BCUT2D eigenvalue weighted by molar-refractivity contribution is 0.596. The van der Waals surface area contributed by atoms with E-state index in [1.807, 2.05) is 11.0 Å². The van der Waals surface area contributed by atoms with Gasteiger partial charge in [-0.1, -0.05) is 24.3 Å². The van der Waals surface area contributed by atoms with Crippen LogP contribution in [-0.2, 0) is 18.8 Å². The molecule has 0 atom stereocenters. The Morgan fingerprint density at radius 2 is 2.00 bits per heavy atom. The molecule has 1 aromatic heterocycles. The maximum Gasteiger partial charge on any atom is 0.170 e. The summed E-state index contributed by atoms with van der Waals surface area (Å²) in [6.07, 6.45) is 3.67. The van der Waals surface area contributed by atoms with E-state index >= 15 is 0 Å². The smallest absolute Gasteiger partial charge is 0.170 e. The third-order valence-electron chi connectivity index (χ3n) is 3.75. The number of hydrogen-bond acceptors (Lipinski definition) is 2. The molecule has 0 aliphatic carbocycles. The molecule has 0 saturated carbocycles. The van der Waals surface area contributed by atoms with Crippen LogP contribution < -0.4 is 4.90 Å². The van der Waals surface area contributed by atoms with Crippen molar-refractivity contribution in [2.24, 2.45) is 0 Å². The third-order valence-corrected chi connectivity index (χ3v) is 4.04. The lowest BCUT2D eigenvalue weighted by Gasteiger charge is -2.23. The van der Waals surface area contributed by atoms with Crippen LogP contribution in [-0.4, -0.2) is 11.5 Å². The molecule has 0 N–H and O–H groups in total. The number of aryl methyl sites for hydroxylation is 1. The number of alkyl halides is 1. The average Bonchev–Trinajstić information content (AvgIpc) is 2.69. The zero-order valence-electron chi connectivity index (χ0n) is 11.1. The molecule has 1 aliphatic rings. The monoisotopic (exact) mass is 290 g/mol. The summed E-state index contributed by atoms with van der Waals surface area (Å²) in [6, 6.07) is 9.98. The minimum absolute atomic E-state index is 0.172. The van der Waals surface area contributed by atoms with Crippen molar-refractivity contribution in [3.05, 3.63) is 59.0 Å². The standard InChI is InChI=1S/C16H16ClFN2/c17-10-13-7-8-19-16(15(13)18)20-9-3-6-12-4-1-2-5-14(12)11-20/h1-2,4-5,7-8H,3,6,9-11H2. The molecule has 2 heterocycles. The molecule has 104 valence electrons. The number of nitrogens with zero attached hydrogens (tertiary/aromatic N) is 2. The number of halogens is 2. The highest BCUT2D eigenvalue weighted by Crippen LogP contribution is 2.26. The molecule has 4 heteroatoms. The first-order valence-electron chi connectivity index (χ1n) is 6.80. The van der Waals surface area contributed by atoms with Gasteiger partial charge in [0.1, 0.15) is 0 Å². The van der Waals surface area contributed by atoms with Gasteiger partial charge in [-0.2, -0.15) is 0 Å². The molecule has 20 heavy (non-hydrogen) atoms. The van der Waals surface area contributed by atoms with Gasteiger partial charge >= 0.3 is 0 Å². The lowest BCUT2D eigenvalue weighted by Crippen LogP contribution is -2.25. The van der Waals surface area contributed by atoms with E-state index in [1.54, 1.807) is 12.3 Å². The largest absolute Gasteiger partial charge is 0.350 e. The number of benzene rings is 1. The Morgan fingerprint density at radius 3 is 2.80 bits per heavy atom. The van der Waals surface area contributed by atoms with E-state index in [9.17, 15) is 4.39 Å². The highest BCUT2D eigenvalue weighted by atomic mass is 35.5. The molecule has 2 aromatic rings. The first kappa shape index (κ1) is 13.4. The van der Waals surface area contributed by atoms with Gasteiger partial charge < -0.3 is 4.90 Å². The van der Waals surface area contributed by atoms with Crippen LogP contribution in [0.4, 0.5) is 10.2 Å². The summed E-state index contributed by atoms with van der Waals surface area (Å²) in [5.41, 5.74) is 3.11. The number of aromatic nitrogens is 1. The van der Waals surface area contributed by atoms with Crippen LogP contribution in [0.5, 0.6) is 0 Å². The van der Waals surface area contributed by atoms with Crippen LogP contribution >= 0.6 is 11.6 Å². The summed E-state index contributed by atoms with van der Waals surface area (Å²) in [6.45, 7) is 1.51. The summed E-state index contributed by atoms with van der Waals surface area (Å²) in [7, 11) is 0. The molecular formula is C16H16ClFN2. The first-order chi connectivity index (χ1) is 9.79. The molecule has 3 rings (SSSR count). The summed E-state index contributed by atoms with van der Waals surface area (Å²) >= 11 is 5.77. The molecule has 2 nitrogen and oxygen atoms in total. The van der Waals surface area contributed by atoms with Gasteiger partial charge in [-0.05, 0) is 30.0 Å². The zero-order chi connectivity index (χ0) is 13.9. The van der Waals surface area contributed by atoms with Crippen molar-refractivity contribution in [3.8, 4) is 0 Å². The van der Waals surface area contributed by atoms with Gasteiger partial charge in [-0.3, -0.25) is 0 Å². The minimum Gasteiger partial charge on any atom is -0.350 e. The van der Waals surface area contributed by atoms with Crippen molar-refractivity contribution in [3.63, 3.8) is 0 Å². The van der Waals surface area contributed by atoms with Crippen LogP contribution in [0.15, 0.2) is 36.5 Å². The predicted octanol–water partition coefficient (Wildman–Crippen LogP) is 3.91. The van der Waals surface area contributed by atoms with Crippen LogP contribution in [0, 0.1) is 5.82 Å². The maximum atomic E-state index is 14.4. The zero-order valence-corrected chi connectivity index (χ0v) is 11.9. The Morgan fingerprint density at radius 1 is 1.20 bits per heavy atom. The van der Waals surface area contributed by atoms with E-state index in [1.165, 1.54) is 11.1 Å². The highest BCUT2D eigenvalue weighted by molar-refractivity contribution is 6.17. The summed E-state index contributed by atoms with van der Waals surface area (Å²) in [5.74, 6) is 0.299. The molecule has 0 amide bonds. The van der Waals surface area contributed by atoms with E-state index in [4.69, 9.17) is 11.6 Å². The molecule has 0 spiro atoms. The normalized spacial score (nSPS) is 14.8. The maximum absolute atomic E-state index is 14.4. The fourth-order valence-corrected chi connectivity index (χ4v) is 2.88. The van der Waals surface area contributed by atoms with Crippen molar-refractivity contribution in [2.75, 3.05) is 11.4 Å². The third kappa shape index (κ3) is 2.50. The van der Waals surface area contributed by atoms with E-state index in [-0.39, 0.29) is 11.7 Å². The van der Waals surface area contributed by atoms with Gasteiger partial charge in [0.15, 0.2) is 11.6 Å².